The maximum Gasteiger partial charge on any atom is 0.269 e. The van der Waals surface area contributed by atoms with E-state index in [2.05, 4.69) is 5.32 Å². The lowest BCUT2D eigenvalue weighted by atomic mass is 10.1. The van der Waals surface area contributed by atoms with Crippen LogP contribution in [0.3, 0.4) is 0 Å². The first-order chi connectivity index (χ1) is 13.4. The van der Waals surface area contributed by atoms with Gasteiger partial charge < -0.3 is 5.32 Å². The van der Waals surface area contributed by atoms with Crippen molar-refractivity contribution in [2.75, 3.05) is 18.4 Å². The van der Waals surface area contributed by atoms with Gasteiger partial charge in [-0.3, -0.25) is 14.9 Å². The van der Waals surface area contributed by atoms with E-state index in [1.165, 1.54) is 40.7 Å². The van der Waals surface area contributed by atoms with Crippen molar-refractivity contribution in [1.82, 2.24) is 4.31 Å². The maximum atomic E-state index is 12.6. The third-order valence-corrected chi connectivity index (χ3v) is 6.52. The minimum Gasteiger partial charge on any atom is -0.326 e. The van der Waals surface area contributed by atoms with Gasteiger partial charge in [0.15, 0.2) is 0 Å². The van der Waals surface area contributed by atoms with Gasteiger partial charge in [-0.1, -0.05) is 18.6 Å². The average Bonchev–Trinajstić information content (AvgIpc) is 2.69. The lowest BCUT2D eigenvalue weighted by molar-refractivity contribution is -0.384. The van der Waals surface area contributed by atoms with E-state index >= 15 is 0 Å². The van der Waals surface area contributed by atoms with Crippen molar-refractivity contribution in [3.63, 3.8) is 0 Å². The molecule has 0 aromatic heterocycles. The summed E-state index contributed by atoms with van der Waals surface area (Å²) in [7, 11) is -3.50. The quantitative estimate of drug-likeness (QED) is 0.589. The number of nitro benzene ring substituents is 1. The van der Waals surface area contributed by atoms with Crippen molar-refractivity contribution < 1.29 is 18.1 Å². The number of benzene rings is 2. The number of hydrogen-bond acceptors (Lipinski definition) is 5. The van der Waals surface area contributed by atoms with Crippen LogP contribution in [-0.4, -0.2) is 36.6 Å². The number of anilines is 1. The Bertz CT molecular complexity index is 950. The molecule has 0 spiro atoms. The first-order valence-corrected chi connectivity index (χ1v) is 10.4. The van der Waals surface area contributed by atoms with Gasteiger partial charge in [-0.05, 0) is 42.7 Å². The van der Waals surface area contributed by atoms with Crippen LogP contribution in [0.5, 0.6) is 0 Å². The van der Waals surface area contributed by atoms with Crippen LogP contribution in [-0.2, 0) is 21.2 Å². The smallest absolute Gasteiger partial charge is 0.269 e. The molecule has 0 bridgehead atoms. The number of carbonyl (C=O) groups is 1. The van der Waals surface area contributed by atoms with Crippen molar-refractivity contribution in [2.45, 2.75) is 30.6 Å². The normalized spacial score (nSPS) is 15.1. The van der Waals surface area contributed by atoms with Gasteiger partial charge in [0, 0.05) is 30.9 Å². The zero-order chi connectivity index (χ0) is 20.1. The van der Waals surface area contributed by atoms with E-state index in [1.807, 2.05) is 0 Å². The molecule has 148 valence electrons. The molecule has 8 nitrogen and oxygen atoms in total. The molecular weight excluding hydrogens is 382 g/mol. The zero-order valence-corrected chi connectivity index (χ0v) is 16.0. The van der Waals surface area contributed by atoms with Gasteiger partial charge in [0.1, 0.15) is 0 Å². The first-order valence-electron chi connectivity index (χ1n) is 9.00. The molecule has 1 heterocycles. The Hall–Kier alpha value is -2.78. The molecular formula is C19H21N3O5S. The summed E-state index contributed by atoms with van der Waals surface area (Å²) in [5.74, 6) is -0.291. The first kappa shape index (κ1) is 20.0. The maximum absolute atomic E-state index is 12.6. The van der Waals surface area contributed by atoms with Crippen molar-refractivity contribution >= 4 is 27.3 Å². The number of piperidine rings is 1. The van der Waals surface area contributed by atoms with Gasteiger partial charge in [-0.15, -0.1) is 0 Å². The minimum atomic E-state index is -3.50. The van der Waals surface area contributed by atoms with Crippen molar-refractivity contribution in [1.29, 1.82) is 0 Å². The number of hydrogen-bond donors (Lipinski definition) is 1. The fourth-order valence-electron chi connectivity index (χ4n) is 3.09. The second-order valence-corrected chi connectivity index (χ2v) is 8.58. The van der Waals surface area contributed by atoms with Crippen LogP contribution in [0.15, 0.2) is 53.4 Å². The highest BCUT2D eigenvalue weighted by atomic mass is 32.2. The Kier molecular flexibility index (Phi) is 6.05. The number of nitrogens with one attached hydrogen (secondary N) is 1. The molecule has 2 aromatic rings. The standard InChI is InChI=1S/C19H21N3O5S/c23-19(14-15-4-8-17(9-5-15)22(24)25)20-16-6-10-18(11-7-16)28(26,27)21-12-2-1-3-13-21/h4-11H,1-3,12-14H2,(H,20,23). The highest BCUT2D eigenvalue weighted by Crippen LogP contribution is 2.22. The Labute approximate surface area is 163 Å². The number of nitro groups is 1. The van der Waals surface area contributed by atoms with E-state index < -0.39 is 14.9 Å². The summed E-state index contributed by atoms with van der Waals surface area (Å²) in [5.41, 5.74) is 1.10. The molecule has 28 heavy (non-hydrogen) atoms. The summed E-state index contributed by atoms with van der Waals surface area (Å²) >= 11 is 0. The predicted molar refractivity (Wildman–Crippen MR) is 104 cm³/mol. The fourth-order valence-corrected chi connectivity index (χ4v) is 4.61. The molecule has 1 amide bonds. The average molecular weight is 403 g/mol. The number of amides is 1. The Morgan fingerprint density at radius 2 is 1.61 bits per heavy atom. The largest absolute Gasteiger partial charge is 0.326 e. The summed E-state index contributed by atoms with van der Waals surface area (Å²) in [4.78, 5) is 22.5. The van der Waals surface area contributed by atoms with Crippen molar-refractivity contribution in [2.24, 2.45) is 0 Å². The van der Waals surface area contributed by atoms with Gasteiger partial charge >= 0.3 is 0 Å². The fraction of sp³-hybridized carbons (Fsp3) is 0.316. The lowest BCUT2D eigenvalue weighted by Crippen LogP contribution is -2.35. The molecule has 9 heteroatoms. The molecule has 2 aromatic carbocycles. The molecule has 1 N–H and O–H groups in total. The van der Waals surface area contributed by atoms with E-state index in [0.717, 1.165) is 19.3 Å². The number of nitrogens with zero attached hydrogens (tertiary/aromatic N) is 2. The van der Waals surface area contributed by atoms with Gasteiger partial charge in [0.05, 0.1) is 16.2 Å². The molecule has 0 saturated carbocycles. The topological polar surface area (TPSA) is 110 Å². The van der Waals surface area contributed by atoms with Crippen LogP contribution >= 0.6 is 0 Å². The van der Waals surface area contributed by atoms with Crippen LogP contribution in [0.4, 0.5) is 11.4 Å². The minimum absolute atomic E-state index is 0.0327. The van der Waals surface area contributed by atoms with E-state index in [1.54, 1.807) is 12.1 Å². The molecule has 1 fully saturated rings. The highest BCUT2D eigenvalue weighted by Gasteiger charge is 2.25. The van der Waals surface area contributed by atoms with Crippen LogP contribution in [0.2, 0.25) is 0 Å². The van der Waals surface area contributed by atoms with E-state index in [9.17, 15) is 23.3 Å². The van der Waals surface area contributed by atoms with Gasteiger partial charge in [-0.2, -0.15) is 4.31 Å². The van der Waals surface area contributed by atoms with Gasteiger partial charge in [0.2, 0.25) is 15.9 Å². The monoisotopic (exact) mass is 403 g/mol. The number of rotatable bonds is 6. The molecule has 3 rings (SSSR count). The van der Waals surface area contributed by atoms with E-state index in [4.69, 9.17) is 0 Å². The van der Waals surface area contributed by atoms with Crippen LogP contribution in [0.1, 0.15) is 24.8 Å². The Balaban J connectivity index is 1.62. The Morgan fingerprint density at radius 1 is 1.00 bits per heavy atom. The molecule has 0 atom stereocenters. The molecule has 0 unspecified atom stereocenters. The third-order valence-electron chi connectivity index (χ3n) is 4.60. The van der Waals surface area contributed by atoms with Crippen molar-refractivity contribution in [3.05, 3.63) is 64.2 Å². The zero-order valence-electron chi connectivity index (χ0n) is 15.2. The van der Waals surface area contributed by atoms with Gasteiger partial charge in [-0.25, -0.2) is 8.42 Å². The number of sulfonamides is 1. The Morgan fingerprint density at radius 3 is 2.18 bits per heavy atom. The number of non-ortho nitro benzene ring substituents is 1. The van der Waals surface area contributed by atoms with E-state index in [0.29, 0.717) is 24.3 Å². The van der Waals surface area contributed by atoms with Gasteiger partial charge in [0.25, 0.3) is 5.69 Å². The SMILES string of the molecule is O=C(Cc1ccc([N+](=O)[O-])cc1)Nc1ccc(S(=O)(=O)N2CCCCC2)cc1. The number of carbonyl (C=O) groups excluding carboxylic acids is 1. The van der Waals surface area contributed by atoms with Crippen molar-refractivity contribution in [3.8, 4) is 0 Å². The lowest BCUT2D eigenvalue weighted by Gasteiger charge is -2.25. The summed E-state index contributed by atoms with van der Waals surface area (Å²) in [6, 6.07) is 11.9. The van der Waals surface area contributed by atoms with Crippen LogP contribution < -0.4 is 5.32 Å². The van der Waals surface area contributed by atoms with E-state index in [-0.39, 0.29) is 22.9 Å². The summed E-state index contributed by atoms with van der Waals surface area (Å²) in [6.07, 6.45) is 2.85. The summed E-state index contributed by atoms with van der Waals surface area (Å²) in [6.45, 7) is 1.08. The van der Waals surface area contributed by atoms with Crippen LogP contribution in [0, 0.1) is 10.1 Å². The van der Waals surface area contributed by atoms with Crippen LogP contribution in [0.25, 0.3) is 0 Å². The molecule has 0 aliphatic carbocycles. The second-order valence-electron chi connectivity index (χ2n) is 6.64. The summed E-state index contributed by atoms with van der Waals surface area (Å²) in [5, 5.41) is 13.4. The molecule has 1 aliphatic rings. The summed E-state index contributed by atoms with van der Waals surface area (Å²) < 4.78 is 26.8. The molecule has 1 saturated heterocycles. The second kappa shape index (κ2) is 8.49. The molecule has 1 aliphatic heterocycles. The predicted octanol–water partition coefficient (Wildman–Crippen LogP) is 2.95. The molecule has 0 radical (unpaired) electrons. The highest BCUT2D eigenvalue weighted by molar-refractivity contribution is 7.89. The third kappa shape index (κ3) is 4.73.